The minimum Gasteiger partial charge on any atom is -0.382 e. The highest BCUT2D eigenvalue weighted by Crippen LogP contribution is 2.28. The predicted octanol–water partition coefficient (Wildman–Crippen LogP) is 4.00. The standard InChI is InChI=1S/C14H17BrN2O/c1-9(18)12-6-10(15)7-14(13(12)8-16)17-11-4-2-3-5-11/h6-8,11,16-17H,2-5H2,1H3. The lowest BCUT2D eigenvalue weighted by molar-refractivity contribution is 0.101. The van der Waals surface area contributed by atoms with Crippen molar-refractivity contribution in [3.8, 4) is 0 Å². The molecule has 2 N–H and O–H groups in total. The molecule has 0 unspecified atom stereocenters. The highest BCUT2D eigenvalue weighted by molar-refractivity contribution is 9.10. The van der Waals surface area contributed by atoms with Crippen molar-refractivity contribution in [3.05, 3.63) is 27.7 Å². The number of Topliss-reactive ketones (excluding diaryl/α,β-unsaturated/α-hetero) is 1. The van der Waals surface area contributed by atoms with Crippen molar-refractivity contribution in [1.82, 2.24) is 0 Å². The largest absolute Gasteiger partial charge is 0.382 e. The van der Waals surface area contributed by atoms with Crippen LogP contribution >= 0.6 is 15.9 Å². The van der Waals surface area contributed by atoms with Gasteiger partial charge in [0.15, 0.2) is 5.78 Å². The highest BCUT2D eigenvalue weighted by atomic mass is 79.9. The van der Waals surface area contributed by atoms with Gasteiger partial charge < -0.3 is 10.7 Å². The van der Waals surface area contributed by atoms with Crippen molar-refractivity contribution in [2.45, 2.75) is 38.6 Å². The van der Waals surface area contributed by atoms with Crippen LogP contribution in [0.2, 0.25) is 0 Å². The summed E-state index contributed by atoms with van der Waals surface area (Å²) in [7, 11) is 0. The number of rotatable bonds is 4. The van der Waals surface area contributed by atoms with Gasteiger partial charge in [-0.05, 0) is 31.9 Å². The van der Waals surface area contributed by atoms with Gasteiger partial charge in [-0.25, -0.2) is 0 Å². The molecular weight excluding hydrogens is 292 g/mol. The summed E-state index contributed by atoms with van der Waals surface area (Å²) in [6.45, 7) is 1.54. The Bertz CT molecular complexity index is 479. The van der Waals surface area contributed by atoms with Gasteiger partial charge >= 0.3 is 0 Å². The van der Waals surface area contributed by atoms with E-state index < -0.39 is 0 Å². The SMILES string of the molecule is CC(=O)c1cc(Br)cc(NC2CCCC2)c1C=N. The molecule has 1 fully saturated rings. The summed E-state index contributed by atoms with van der Waals surface area (Å²) in [6.07, 6.45) is 6.11. The number of carbonyl (C=O) groups is 1. The van der Waals surface area contributed by atoms with Gasteiger partial charge in [0.25, 0.3) is 0 Å². The molecule has 0 heterocycles. The fraction of sp³-hybridized carbons (Fsp3) is 0.429. The Morgan fingerprint density at radius 1 is 1.44 bits per heavy atom. The van der Waals surface area contributed by atoms with Crippen LogP contribution in [0.5, 0.6) is 0 Å². The van der Waals surface area contributed by atoms with Crippen LogP contribution in [-0.4, -0.2) is 18.0 Å². The second-order valence-electron chi connectivity index (χ2n) is 4.74. The summed E-state index contributed by atoms with van der Waals surface area (Å²) in [4.78, 5) is 11.6. The van der Waals surface area contributed by atoms with Crippen molar-refractivity contribution in [2.24, 2.45) is 0 Å². The number of benzene rings is 1. The Morgan fingerprint density at radius 3 is 2.67 bits per heavy atom. The molecule has 96 valence electrons. The third-order valence-electron chi connectivity index (χ3n) is 3.38. The maximum atomic E-state index is 11.6. The monoisotopic (exact) mass is 308 g/mol. The van der Waals surface area contributed by atoms with E-state index in [0.717, 1.165) is 10.2 Å². The van der Waals surface area contributed by atoms with E-state index in [1.165, 1.54) is 38.8 Å². The molecule has 3 nitrogen and oxygen atoms in total. The zero-order valence-electron chi connectivity index (χ0n) is 10.4. The van der Waals surface area contributed by atoms with Crippen molar-refractivity contribution in [2.75, 3.05) is 5.32 Å². The summed E-state index contributed by atoms with van der Waals surface area (Å²) in [5.41, 5.74) is 2.17. The van der Waals surface area contributed by atoms with Crippen molar-refractivity contribution in [3.63, 3.8) is 0 Å². The molecule has 0 aromatic heterocycles. The van der Waals surface area contributed by atoms with E-state index in [-0.39, 0.29) is 5.78 Å². The maximum Gasteiger partial charge on any atom is 0.160 e. The zero-order chi connectivity index (χ0) is 13.1. The molecule has 0 atom stereocenters. The van der Waals surface area contributed by atoms with Gasteiger partial charge in [0, 0.05) is 33.5 Å². The lowest BCUT2D eigenvalue weighted by Gasteiger charge is -2.17. The molecule has 0 radical (unpaired) electrons. The zero-order valence-corrected chi connectivity index (χ0v) is 12.0. The van der Waals surface area contributed by atoms with Crippen molar-refractivity contribution >= 4 is 33.6 Å². The molecule has 0 spiro atoms. The molecule has 2 rings (SSSR count). The van der Waals surface area contributed by atoms with Gasteiger partial charge in [-0.2, -0.15) is 0 Å². The van der Waals surface area contributed by atoms with Gasteiger partial charge in [0.05, 0.1) is 0 Å². The van der Waals surface area contributed by atoms with Crippen LogP contribution < -0.4 is 5.32 Å². The molecule has 0 amide bonds. The fourth-order valence-corrected chi connectivity index (χ4v) is 2.93. The number of anilines is 1. The Kier molecular flexibility index (Phi) is 4.17. The van der Waals surface area contributed by atoms with Crippen LogP contribution in [0.1, 0.15) is 48.5 Å². The lowest BCUT2D eigenvalue weighted by atomic mass is 10.0. The lowest BCUT2D eigenvalue weighted by Crippen LogP contribution is -2.17. The number of halogens is 1. The van der Waals surface area contributed by atoms with Gasteiger partial charge in [-0.15, -0.1) is 0 Å². The number of nitrogens with one attached hydrogen (secondary N) is 2. The van der Waals surface area contributed by atoms with Crippen LogP contribution in [0.4, 0.5) is 5.69 Å². The topological polar surface area (TPSA) is 53.0 Å². The molecule has 0 aliphatic heterocycles. The maximum absolute atomic E-state index is 11.6. The molecule has 1 aliphatic carbocycles. The van der Waals surface area contributed by atoms with Crippen LogP contribution in [-0.2, 0) is 0 Å². The predicted molar refractivity (Wildman–Crippen MR) is 77.9 cm³/mol. The van der Waals surface area contributed by atoms with E-state index in [0.29, 0.717) is 17.2 Å². The molecule has 18 heavy (non-hydrogen) atoms. The van der Waals surface area contributed by atoms with Gasteiger partial charge in [-0.3, -0.25) is 4.79 Å². The van der Waals surface area contributed by atoms with E-state index >= 15 is 0 Å². The first-order chi connectivity index (χ1) is 8.61. The Labute approximate surface area is 116 Å². The van der Waals surface area contributed by atoms with Gasteiger partial charge in [0.1, 0.15) is 0 Å². The summed E-state index contributed by atoms with van der Waals surface area (Å²) in [6, 6.07) is 4.20. The Balaban J connectivity index is 2.37. The molecule has 1 aliphatic rings. The van der Waals surface area contributed by atoms with E-state index in [9.17, 15) is 4.79 Å². The average Bonchev–Trinajstić information content (AvgIpc) is 2.81. The third kappa shape index (κ3) is 2.80. The second-order valence-corrected chi connectivity index (χ2v) is 5.66. The summed E-state index contributed by atoms with van der Waals surface area (Å²) in [5.74, 6) is -0.00993. The molecule has 1 saturated carbocycles. The summed E-state index contributed by atoms with van der Waals surface area (Å²) < 4.78 is 0.874. The normalized spacial score (nSPS) is 15.7. The van der Waals surface area contributed by atoms with Crippen LogP contribution in [0, 0.1) is 5.41 Å². The van der Waals surface area contributed by atoms with Crippen molar-refractivity contribution < 1.29 is 4.79 Å². The van der Waals surface area contributed by atoms with E-state index in [1.807, 2.05) is 6.07 Å². The molecule has 0 saturated heterocycles. The number of carbonyl (C=O) groups excluding carboxylic acids is 1. The molecule has 0 bridgehead atoms. The van der Waals surface area contributed by atoms with Crippen LogP contribution in [0.25, 0.3) is 0 Å². The first-order valence-corrected chi connectivity index (χ1v) is 7.02. The number of hydrogen-bond donors (Lipinski definition) is 2. The van der Waals surface area contributed by atoms with Crippen molar-refractivity contribution in [1.29, 1.82) is 5.41 Å². The quantitative estimate of drug-likeness (QED) is 0.652. The third-order valence-corrected chi connectivity index (χ3v) is 3.84. The minimum absolute atomic E-state index is 0.00993. The second kappa shape index (κ2) is 5.65. The van der Waals surface area contributed by atoms with Crippen LogP contribution in [0.15, 0.2) is 16.6 Å². The van der Waals surface area contributed by atoms with Gasteiger partial charge in [0.2, 0.25) is 0 Å². The number of ketones is 1. The average molecular weight is 309 g/mol. The van der Waals surface area contributed by atoms with E-state index in [2.05, 4.69) is 21.2 Å². The smallest absolute Gasteiger partial charge is 0.160 e. The Morgan fingerprint density at radius 2 is 2.11 bits per heavy atom. The van der Waals surface area contributed by atoms with E-state index in [1.54, 1.807) is 6.07 Å². The van der Waals surface area contributed by atoms with E-state index in [4.69, 9.17) is 5.41 Å². The fourth-order valence-electron chi connectivity index (χ4n) is 2.47. The Hall–Kier alpha value is -1.16. The number of hydrogen-bond acceptors (Lipinski definition) is 3. The summed E-state index contributed by atoms with van der Waals surface area (Å²) in [5, 5.41) is 11.0. The summed E-state index contributed by atoms with van der Waals surface area (Å²) >= 11 is 3.43. The highest BCUT2D eigenvalue weighted by Gasteiger charge is 2.18. The van der Waals surface area contributed by atoms with Gasteiger partial charge in [-0.1, -0.05) is 28.8 Å². The first kappa shape index (κ1) is 13.3. The molecule has 1 aromatic rings. The molecule has 1 aromatic carbocycles. The van der Waals surface area contributed by atoms with Crippen LogP contribution in [0.3, 0.4) is 0 Å². The molecular formula is C14H17BrN2O. The first-order valence-electron chi connectivity index (χ1n) is 6.23. The molecule has 4 heteroatoms. The minimum atomic E-state index is -0.00993.